The van der Waals surface area contributed by atoms with Gasteiger partial charge in [0.05, 0.1) is 11.0 Å². The van der Waals surface area contributed by atoms with Gasteiger partial charge in [-0.25, -0.2) is 0 Å². The fraction of sp³-hybridized carbons (Fsp3) is 0.222. The van der Waals surface area contributed by atoms with E-state index < -0.39 is 0 Å². The van der Waals surface area contributed by atoms with Crippen LogP contribution in [0, 0.1) is 16.0 Å². The number of nitro groups is 1. The molecule has 1 aliphatic carbocycles. The third kappa shape index (κ3) is 2.39. The predicted molar refractivity (Wildman–Crippen MR) is 90.9 cm³/mol. The summed E-state index contributed by atoms with van der Waals surface area (Å²) in [5.41, 5.74) is 3.35. The van der Waals surface area contributed by atoms with Crippen molar-refractivity contribution in [1.29, 1.82) is 0 Å². The number of anilines is 1. The number of benzene rings is 2. The Bertz CT molecular complexity index is 818. The molecule has 3 atom stereocenters. The molecule has 0 unspecified atom stereocenters. The number of allylic oxidation sites excluding steroid dienone is 2. The zero-order valence-corrected chi connectivity index (χ0v) is 13.0. The molecule has 0 aromatic heterocycles. The van der Waals surface area contributed by atoms with Crippen molar-refractivity contribution in [3.05, 3.63) is 80.9 Å². The molecular weight excluding hydrogens is 312 g/mol. The molecule has 0 spiro atoms. The molecule has 2 aromatic carbocycles. The van der Waals surface area contributed by atoms with Gasteiger partial charge < -0.3 is 5.32 Å². The van der Waals surface area contributed by atoms with Gasteiger partial charge in [-0.3, -0.25) is 10.1 Å². The van der Waals surface area contributed by atoms with Crippen LogP contribution in [-0.2, 0) is 0 Å². The summed E-state index contributed by atoms with van der Waals surface area (Å²) in [5.74, 6) is 0.650. The Morgan fingerprint density at radius 3 is 2.91 bits per heavy atom. The Morgan fingerprint density at radius 2 is 2.09 bits per heavy atom. The van der Waals surface area contributed by atoms with Gasteiger partial charge in [0.1, 0.15) is 0 Å². The smallest absolute Gasteiger partial charge is 0.269 e. The van der Waals surface area contributed by atoms with Gasteiger partial charge >= 0.3 is 0 Å². The average Bonchev–Trinajstić information content (AvgIpc) is 3.04. The summed E-state index contributed by atoms with van der Waals surface area (Å²) in [6.45, 7) is 0. The number of hydrogen-bond acceptors (Lipinski definition) is 3. The fourth-order valence-corrected chi connectivity index (χ4v) is 3.91. The van der Waals surface area contributed by atoms with E-state index in [2.05, 4.69) is 17.5 Å². The number of fused-ring (bicyclic) bond motifs is 3. The van der Waals surface area contributed by atoms with Gasteiger partial charge in [0.2, 0.25) is 0 Å². The minimum atomic E-state index is -0.343. The molecule has 4 nitrogen and oxygen atoms in total. The van der Waals surface area contributed by atoms with E-state index in [0.29, 0.717) is 11.8 Å². The van der Waals surface area contributed by atoms with Crippen LogP contribution in [0.15, 0.2) is 54.6 Å². The molecule has 23 heavy (non-hydrogen) atoms. The summed E-state index contributed by atoms with van der Waals surface area (Å²) < 4.78 is 0. The van der Waals surface area contributed by atoms with Crippen LogP contribution in [0.5, 0.6) is 0 Å². The van der Waals surface area contributed by atoms with Crippen LogP contribution in [-0.4, -0.2) is 4.92 Å². The lowest BCUT2D eigenvalue weighted by atomic mass is 9.77. The highest BCUT2D eigenvalue weighted by atomic mass is 35.5. The topological polar surface area (TPSA) is 55.2 Å². The van der Waals surface area contributed by atoms with Crippen LogP contribution in [0.4, 0.5) is 11.4 Å². The summed E-state index contributed by atoms with van der Waals surface area (Å²) in [5, 5.41) is 15.3. The number of nitrogens with zero attached hydrogens (tertiary/aromatic N) is 1. The largest absolute Gasteiger partial charge is 0.378 e. The van der Waals surface area contributed by atoms with Crippen molar-refractivity contribution in [1.82, 2.24) is 0 Å². The van der Waals surface area contributed by atoms with E-state index in [1.807, 2.05) is 24.3 Å². The first kappa shape index (κ1) is 14.3. The monoisotopic (exact) mass is 326 g/mol. The van der Waals surface area contributed by atoms with Crippen LogP contribution in [0.1, 0.15) is 29.5 Å². The minimum absolute atomic E-state index is 0.0589. The SMILES string of the molecule is O=[N+]([O-])c1cccc([C@H]2Nc3ccc(Cl)cc3[C@H]3C=CC[C@H]32)c1. The molecule has 1 aliphatic heterocycles. The third-order valence-corrected chi connectivity index (χ3v) is 5.00. The number of nitrogens with one attached hydrogen (secondary N) is 1. The van der Waals surface area contributed by atoms with Crippen molar-refractivity contribution in [2.45, 2.75) is 18.4 Å². The highest BCUT2D eigenvalue weighted by Gasteiger charge is 2.38. The van der Waals surface area contributed by atoms with Gasteiger partial charge in [-0.15, -0.1) is 0 Å². The van der Waals surface area contributed by atoms with E-state index in [1.54, 1.807) is 12.1 Å². The molecule has 116 valence electrons. The summed E-state index contributed by atoms with van der Waals surface area (Å²) in [4.78, 5) is 10.7. The number of hydrogen-bond donors (Lipinski definition) is 1. The minimum Gasteiger partial charge on any atom is -0.378 e. The standard InChI is InChI=1S/C18H15ClN2O2/c19-12-7-8-17-16(10-12)14-5-2-6-15(14)18(20-17)11-3-1-4-13(9-11)21(22)23/h1-5,7-10,14-15,18,20H,6H2/t14-,15+,18+/m0/s1. The van der Waals surface area contributed by atoms with Crippen LogP contribution >= 0.6 is 11.6 Å². The maximum absolute atomic E-state index is 11.1. The fourth-order valence-electron chi connectivity index (χ4n) is 3.73. The summed E-state index contributed by atoms with van der Waals surface area (Å²) in [7, 11) is 0. The zero-order chi connectivity index (χ0) is 16.0. The molecule has 0 amide bonds. The summed E-state index contributed by atoms with van der Waals surface area (Å²) >= 11 is 6.15. The maximum atomic E-state index is 11.1. The molecule has 0 radical (unpaired) electrons. The second kappa shape index (κ2) is 5.39. The van der Waals surface area contributed by atoms with Crippen LogP contribution < -0.4 is 5.32 Å². The quantitative estimate of drug-likeness (QED) is 0.476. The molecule has 0 bridgehead atoms. The van der Waals surface area contributed by atoms with Crippen molar-refractivity contribution in [3.8, 4) is 0 Å². The number of halogens is 1. The Morgan fingerprint density at radius 1 is 1.22 bits per heavy atom. The Balaban J connectivity index is 1.78. The van der Waals surface area contributed by atoms with E-state index in [9.17, 15) is 10.1 Å². The van der Waals surface area contributed by atoms with Crippen LogP contribution in [0.25, 0.3) is 0 Å². The third-order valence-electron chi connectivity index (χ3n) is 4.76. The normalized spacial score (nSPS) is 24.7. The van der Waals surface area contributed by atoms with Gasteiger partial charge in [-0.2, -0.15) is 0 Å². The van der Waals surface area contributed by atoms with E-state index >= 15 is 0 Å². The number of rotatable bonds is 2. The highest BCUT2D eigenvalue weighted by Crippen LogP contribution is 2.50. The van der Waals surface area contributed by atoms with E-state index in [0.717, 1.165) is 22.7 Å². The number of non-ortho nitro benzene ring substituents is 1. The lowest BCUT2D eigenvalue weighted by Gasteiger charge is -2.37. The Kier molecular flexibility index (Phi) is 3.34. The predicted octanol–water partition coefficient (Wildman–Crippen LogP) is 5.07. The molecule has 0 saturated carbocycles. The second-order valence-corrected chi connectivity index (χ2v) is 6.50. The van der Waals surface area contributed by atoms with E-state index in [1.165, 1.54) is 11.6 Å². The highest BCUT2D eigenvalue weighted by molar-refractivity contribution is 6.30. The molecule has 0 saturated heterocycles. The van der Waals surface area contributed by atoms with Crippen LogP contribution in [0.3, 0.4) is 0 Å². The number of nitro benzene ring substituents is 1. The average molecular weight is 327 g/mol. The van der Waals surface area contributed by atoms with Gasteiger partial charge in [0.15, 0.2) is 0 Å². The Labute approximate surface area is 138 Å². The molecule has 5 heteroatoms. The van der Waals surface area contributed by atoms with Crippen LogP contribution in [0.2, 0.25) is 5.02 Å². The van der Waals surface area contributed by atoms with Crippen molar-refractivity contribution in [2.75, 3.05) is 5.32 Å². The second-order valence-electron chi connectivity index (χ2n) is 6.06. The first-order valence-corrected chi connectivity index (χ1v) is 7.98. The van der Waals surface area contributed by atoms with Crippen molar-refractivity contribution in [3.63, 3.8) is 0 Å². The first-order valence-electron chi connectivity index (χ1n) is 7.60. The molecule has 1 N–H and O–H groups in total. The lowest BCUT2D eigenvalue weighted by Crippen LogP contribution is -2.29. The van der Waals surface area contributed by atoms with Gasteiger partial charge in [0, 0.05) is 28.8 Å². The maximum Gasteiger partial charge on any atom is 0.269 e. The molecule has 1 heterocycles. The van der Waals surface area contributed by atoms with Crippen molar-refractivity contribution >= 4 is 23.0 Å². The molecule has 4 rings (SSSR count). The first-order chi connectivity index (χ1) is 11.1. The van der Waals surface area contributed by atoms with Gasteiger partial charge in [0.25, 0.3) is 5.69 Å². The van der Waals surface area contributed by atoms with Crippen molar-refractivity contribution in [2.24, 2.45) is 5.92 Å². The van der Waals surface area contributed by atoms with E-state index in [-0.39, 0.29) is 16.7 Å². The zero-order valence-electron chi connectivity index (χ0n) is 12.3. The lowest BCUT2D eigenvalue weighted by molar-refractivity contribution is -0.384. The molecule has 0 fully saturated rings. The molecular formula is C18H15ClN2O2. The van der Waals surface area contributed by atoms with Crippen molar-refractivity contribution < 1.29 is 4.92 Å². The summed E-state index contributed by atoms with van der Waals surface area (Å²) in [6.07, 6.45) is 5.37. The Hall–Kier alpha value is -2.33. The van der Waals surface area contributed by atoms with Gasteiger partial charge in [-0.05, 0) is 41.7 Å². The van der Waals surface area contributed by atoms with Gasteiger partial charge in [-0.1, -0.05) is 35.9 Å². The molecule has 2 aliphatic rings. The summed E-state index contributed by atoms with van der Waals surface area (Å²) in [6, 6.07) is 12.9. The van der Waals surface area contributed by atoms with E-state index in [4.69, 9.17) is 11.6 Å². The molecule has 2 aromatic rings.